The second kappa shape index (κ2) is 6.40. The summed E-state index contributed by atoms with van der Waals surface area (Å²) in [4.78, 5) is 22.0. The lowest BCUT2D eigenvalue weighted by Gasteiger charge is -2.17. The number of fused-ring (bicyclic) bond motifs is 3. The molecule has 2 aromatic carbocycles. The number of hydrogen-bond donors (Lipinski definition) is 1. The van der Waals surface area contributed by atoms with Gasteiger partial charge in [0, 0.05) is 41.1 Å². The fourth-order valence-electron chi connectivity index (χ4n) is 3.13. The second-order valence-electron chi connectivity index (χ2n) is 6.18. The number of rotatable bonds is 4. The van der Waals surface area contributed by atoms with Crippen LogP contribution in [0.3, 0.4) is 0 Å². The van der Waals surface area contributed by atoms with Gasteiger partial charge in [-0.3, -0.25) is 9.78 Å². The third kappa shape index (κ3) is 2.98. The van der Waals surface area contributed by atoms with Crippen LogP contribution in [0.4, 0.5) is 5.69 Å². The molecule has 1 N–H and O–H groups in total. The Balaban J connectivity index is 1.53. The first-order chi connectivity index (χ1) is 12.2. The molecule has 4 aromatic rings. The Kier molecular flexibility index (Phi) is 3.94. The molecule has 4 rings (SSSR count). The highest BCUT2D eigenvalue weighted by molar-refractivity contribution is 6.07. The first-order valence-electron chi connectivity index (χ1n) is 8.39. The molecule has 0 radical (unpaired) electrons. The second-order valence-corrected chi connectivity index (χ2v) is 6.18. The molecule has 1 amide bonds. The Labute approximate surface area is 146 Å². The number of carbonyl (C=O) groups is 1. The van der Waals surface area contributed by atoms with Crippen molar-refractivity contribution >= 4 is 33.4 Å². The van der Waals surface area contributed by atoms with Crippen LogP contribution in [0.2, 0.25) is 0 Å². The van der Waals surface area contributed by atoms with E-state index in [1.165, 1.54) is 5.39 Å². The predicted octanol–water partition coefficient (Wildman–Crippen LogP) is 4.31. The van der Waals surface area contributed by atoms with Gasteiger partial charge in [-0.25, -0.2) is 0 Å². The Morgan fingerprint density at radius 3 is 2.60 bits per heavy atom. The maximum absolute atomic E-state index is 12.4. The van der Waals surface area contributed by atoms with E-state index in [1.807, 2.05) is 55.7 Å². The van der Waals surface area contributed by atoms with Crippen LogP contribution >= 0.6 is 0 Å². The number of anilines is 1. The van der Waals surface area contributed by atoms with E-state index in [-0.39, 0.29) is 5.91 Å². The molecule has 0 aliphatic rings. The highest BCUT2D eigenvalue weighted by atomic mass is 16.2. The van der Waals surface area contributed by atoms with E-state index in [4.69, 9.17) is 0 Å². The summed E-state index contributed by atoms with van der Waals surface area (Å²) >= 11 is 0. The molecule has 0 unspecified atom stereocenters. The van der Waals surface area contributed by atoms with Gasteiger partial charge in [0.2, 0.25) is 5.91 Å². The third-order valence-corrected chi connectivity index (χ3v) is 4.56. The molecule has 25 heavy (non-hydrogen) atoms. The fraction of sp³-hybridized carbons (Fsp3) is 0.143. The number of para-hydroxylation sites is 2. The van der Waals surface area contributed by atoms with Gasteiger partial charge in [0.15, 0.2) is 0 Å². The first-order valence-corrected chi connectivity index (χ1v) is 8.39. The Morgan fingerprint density at radius 2 is 1.76 bits per heavy atom. The molecule has 0 saturated carbocycles. The van der Waals surface area contributed by atoms with Crippen molar-refractivity contribution < 1.29 is 4.79 Å². The predicted molar refractivity (Wildman–Crippen MR) is 102 cm³/mol. The molecule has 0 saturated heterocycles. The van der Waals surface area contributed by atoms with Gasteiger partial charge in [-0.1, -0.05) is 36.4 Å². The summed E-state index contributed by atoms with van der Waals surface area (Å²) in [7, 11) is 1.81. The van der Waals surface area contributed by atoms with Gasteiger partial charge in [0.1, 0.15) is 0 Å². The normalized spacial score (nSPS) is 11.1. The SMILES string of the molecule is CN(C(=O)CCc1cc2c(cn1)[nH]c1ccccc12)c1ccccc1. The molecule has 0 atom stereocenters. The van der Waals surface area contributed by atoms with Gasteiger partial charge in [0.05, 0.1) is 11.7 Å². The van der Waals surface area contributed by atoms with Crippen molar-refractivity contribution in [2.45, 2.75) is 12.8 Å². The van der Waals surface area contributed by atoms with Crippen molar-refractivity contribution in [3.05, 3.63) is 72.6 Å². The standard InChI is InChI=1S/C21H19N3O/c1-24(16-7-3-2-4-8-16)21(25)12-11-15-13-18-17-9-5-6-10-19(17)23-20(18)14-22-15/h2-10,13-14,23H,11-12H2,1H3. The van der Waals surface area contributed by atoms with Crippen LogP contribution < -0.4 is 4.90 Å². The Bertz CT molecular complexity index is 1040. The van der Waals surface area contributed by atoms with Gasteiger partial charge in [-0.05, 0) is 30.7 Å². The van der Waals surface area contributed by atoms with Gasteiger partial charge in [-0.15, -0.1) is 0 Å². The fourth-order valence-corrected chi connectivity index (χ4v) is 3.13. The van der Waals surface area contributed by atoms with Crippen LogP contribution in [-0.2, 0) is 11.2 Å². The number of carbonyl (C=O) groups excluding carboxylic acids is 1. The highest BCUT2D eigenvalue weighted by Crippen LogP contribution is 2.25. The molecule has 0 aliphatic heterocycles. The van der Waals surface area contributed by atoms with Crippen LogP contribution in [0.25, 0.3) is 21.8 Å². The first kappa shape index (κ1) is 15.4. The van der Waals surface area contributed by atoms with Crippen molar-refractivity contribution in [2.24, 2.45) is 0 Å². The number of pyridine rings is 1. The molecule has 0 bridgehead atoms. The van der Waals surface area contributed by atoms with Crippen LogP contribution in [0.1, 0.15) is 12.1 Å². The number of aromatic nitrogens is 2. The van der Waals surface area contributed by atoms with Crippen LogP contribution in [0.15, 0.2) is 66.9 Å². The zero-order chi connectivity index (χ0) is 17.2. The van der Waals surface area contributed by atoms with Crippen molar-refractivity contribution in [3.63, 3.8) is 0 Å². The quantitative estimate of drug-likeness (QED) is 0.606. The molecule has 0 fully saturated rings. The minimum atomic E-state index is 0.0898. The number of nitrogens with one attached hydrogen (secondary N) is 1. The van der Waals surface area contributed by atoms with E-state index in [1.54, 1.807) is 4.90 Å². The highest BCUT2D eigenvalue weighted by Gasteiger charge is 2.12. The summed E-state index contributed by atoms with van der Waals surface area (Å²) < 4.78 is 0. The summed E-state index contributed by atoms with van der Waals surface area (Å²) in [5.74, 6) is 0.0898. The number of aromatic amines is 1. The minimum Gasteiger partial charge on any atom is -0.353 e. The molecule has 2 aromatic heterocycles. The number of hydrogen-bond acceptors (Lipinski definition) is 2. The monoisotopic (exact) mass is 329 g/mol. The van der Waals surface area contributed by atoms with E-state index in [2.05, 4.69) is 28.2 Å². The molecule has 124 valence electrons. The number of amides is 1. The molecule has 0 spiro atoms. The van der Waals surface area contributed by atoms with E-state index in [9.17, 15) is 4.79 Å². The Hall–Kier alpha value is -3.14. The molecular formula is C21H19N3O. The average molecular weight is 329 g/mol. The van der Waals surface area contributed by atoms with Gasteiger partial charge >= 0.3 is 0 Å². The van der Waals surface area contributed by atoms with Crippen molar-refractivity contribution in [1.82, 2.24) is 9.97 Å². The maximum Gasteiger partial charge on any atom is 0.227 e. The van der Waals surface area contributed by atoms with Crippen molar-refractivity contribution in [2.75, 3.05) is 11.9 Å². The van der Waals surface area contributed by atoms with E-state index < -0.39 is 0 Å². The lowest BCUT2D eigenvalue weighted by Crippen LogP contribution is -2.26. The van der Waals surface area contributed by atoms with Gasteiger partial charge in [-0.2, -0.15) is 0 Å². The topological polar surface area (TPSA) is 49.0 Å². The molecule has 4 heteroatoms. The lowest BCUT2D eigenvalue weighted by molar-refractivity contribution is -0.118. The maximum atomic E-state index is 12.4. The Morgan fingerprint density at radius 1 is 1.00 bits per heavy atom. The number of H-pyrrole nitrogens is 1. The lowest BCUT2D eigenvalue weighted by atomic mass is 10.1. The van der Waals surface area contributed by atoms with Crippen LogP contribution in [-0.4, -0.2) is 22.9 Å². The minimum absolute atomic E-state index is 0.0898. The molecular weight excluding hydrogens is 310 g/mol. The van der Waals surface area contributed by atoms with Crippen molar-refractivity contribution in [1.29, 1.82) is 0 Å². The summed E-state index contributed by atoms with van der Waals surface area (Å²) in [6, 6.07) is 20.0. The largest absolute Gasteiger partial charge is 0.353 e. The summed E-state index contributed by atoms with van der Waals surface area (Å²) in [5.41, 5.74) is 3.98. The third-order valence-electron chi connectivity index (χ3n) is 4.56. The average Bonchev–Trinajstić information content (AvgIpc) is 3.04. The summed E-state index contributed by atoms with van der Waals surface area (Å²) in [5, 5.41) is 2.35. The zero-order valence-corrected chi connectivity index (χ0v) is 14.1. The molecule has 4 nitrogen and oxygen atoms in total. The summed E-state index contributed by atoms with van der Waals surface area (Å²) in [6.45, 7) is 0. The van der Waals surface area contributed by atoms with E-state index >= 15 is 0 Å². The van der Waals surface area contributed by atoms with Crippen LogP contribution in [0, 0.1) is 0 Å². The van der Waals surface area contributed by atoms with Crippen molar-refractivity contribution in [3.8, 4) is 0 Å². The van der Waals surface area contributed by atoms with Gasteiger partial charge in [0.25, 0.3) is 0 Å². The smallest absolute Gasteiger partial charge is 0.227 e. The summed E-state index contributed by atoms with van der Waals surface area (Å²) in [6.07, 6.45) is 2.92. The van der Waals surface area contributed by atoms with E-state index in [0.717, 1.165) is 27.8 Å². The van der Waals surface area contributed by atoms with Gasteiger partial charge < -0.3 is 9.88 Å². The zero-order valence-electron chi connectivity index (χ0n) is 14.1. The number of benzene rings is 2. The molecule has 2 heterocycles. The molecule has 0 aliphatic carbocycles. The number of aryl methyl sites for hydroxylation is 1. The number of nitrogens with zero attached hydrogens (tertiary/aromatic N) is 2. The van der Waals surface area contributed by atoms with E-state index in [0.29, 0.717) is 12.8 Å². The van der Waals surface area contributed by atoms with Crippen LogP contribution in [0.5, 0.6) is 0 Å².